The lowest BCUT2D eigenvalue weighted by atomic mass is 9.91. The summed E-state index contributed by atoms with van der Waals surface area (Å²) < 4.78 is 1.82. The van der Waals surface area contributed by atoms with E-state index < -0.39 is 5.60 Å². The summed E-state index contributed by atoms with van der Waals surface area (Å²) in [6, 6.07) is 9.56. The molecule has 3 aromatic heterocycles. The highest BCUT2D eigenvalue weighted by molar-refractivity contribution is 7.13. The van der Waals surface area contributed by atoms with E-state index in [1.165, 1.54) is 11.3 Å². The van der Waals surface area contributed by atoms with Crippen molar-refractivity contribution in [2.75, 3.05) is 36.9 Å². The third kappa shape index (κ3) is 4.44. The Bertz CT molecular complexity index is 1450. The molecule has 2 aliphatic rings. The molecule has 11 heteroatoms. The molecule has 5 heterocycles. The number of likely N-dealkylation sites (N-methyl/N-ethyl adjacent to an activating group) is 1. The van der Waals surface area contributed by atoms with Gasteiger partial charge in [-0.2, -0.15) is 5.10 Å². The van der Waals surface area contributed by atoms with Crippen LogP contribution in [0.3, 0.4) is 0 Å². The standard InChI is InChI=1S/C26H28N8O2S/c1-32-11-8-26(36,24(32)35)18-5-3-4-17(12-18)23-30-22(16-37-23)21-6-9-27-25(31-21)29-19-7-10-34(14-19)20-13-28-33(2)15-20/h3-6,9,12-13,15-16,19,36H,7-8,10-11,14H2,1-2H3,(H,27,29,31)/t19?,26-/m1/s1. The van der Waals surface area contributed by atoms with Crippen LogP contribution in [-0.4, -0.2) is 73.4 Å². The van der Waals surface area contributed by atoms with Crippen molar-refractivity contribution in [2.24, 2.45) is 7.05 Å². The van der Waals surface area contributed by atoms with E-state index in [-0.39, 0.29) is 11.9 Å². The van der Waals surface area contributed by atoms with Gasteiger partial charge in [0.15, 0.2) is 5.60 Å². The molecule has 1 amide bonds. The van der Waals surface area contributed by atoms with Gasteiger partial charge in [0.05, 0.1) is 17.6 Å². The number of rotatable bonds is 6. The van der Waals surface area contributed by atoms with Crippen molar-refractivity contribution in [3.05, 3.63) is 59.9 Å². The zero-order chi connectivity index (χ0) is 25.6. The zero-order valence-corrected chi connectivity index (χ0v) is 21.5. The number of aromatic nitrogens is 5. The second kappa shape index (κ2) is 9.24. The Morgan fingerprint density at radius 1 is 1.16 bits per heavy atom. The van der Waals surface area contributed by atoms with Gasteiger partial charge in [0.1, 0.15) is 10.7 Å². The number of nitrogens with zero attached hydrogens (tertiary/aromatic N) is 7. The van der Waals surface area contributed by atoms with Crippen LogP contribution in [0.4, 0.5) is 11.6 Å². The van der Waals surface area contributed by atoms with Gasteiger partial charge in [-0.1, -0.05) is 18.2 Å². The number of hydrogen-bond acceptors (Lipinski definition) is 9. The molecule has 2 aliphatic heterocycles. The van der Waals surface area contributed by atoms with Gasteiger partial charge in [0.25, 0.3) is 5.91 Å². The highest BCUT2D eigenvalue weighted by atomic mass is 32.1. The van der Waals surface area contributed by atoms with Crippen LogP contribution >= 0.6 is 11.3 Å². The summed E-state index contributed by atoms with van der Waals surface area (Å²) in [6.07, 6.45) is 7.03. The number of nitrogens with one attached hydrogen (secondary N) is 1. The fraction of sp³-hybridized carbons (Fsp3) is 0.346. The Morgan fingerprint density at radius 3 is 2.84 bits per heavy atom. The minimum atomic E-state index is -1.48. The molecular formula is C26H28N8O2S. The summed E-state index contributed by atoms with van der Waals surface area (Å²) in [5, 5.41) is 21.6. The van der Waals surface area contributed by atoms with Crippen molar-refractivity contribution in [3.63, 3.8) is 0 Å². The molecule has 1 aromatic carbocycles. The Morgan fingerprint density at radius 2 is 2.05 bits per heavy atom. The number of thiazole rings is 1. The Hall–Kier alpha value is -3.83. The lowest BCUT2D eigenvalue weighted by Crippen LogP contribution is -2.36. The number of benzene rings is 1. The molecule has 0 spiro atoms. The molecule has 0 saturated carbocycles. The molecule has 4 aromatic rings. The Labute approximate surface area is 218 Å². The molecular weight excluding hydrogens is 488 g/mol. The largest absolute Gasteiger partial charge is 0.375 e. The van der Waals surface area contributed by atoms with Crippen LogP contribution in [0.2, 0.25) is 0 Å². The van der Waals surface area contributed by atoms with Crippen LogP contribution in [0.15, 0.2) is 54.3 Å². The second-order valence-electron chi connectivity index (χ2n) is 9.67. The average molecular weight is 517 g/mol. The topological polar surface area (TPSA) is 112 Å². The maximum Gasteiger partial charge on any atom is 0.258 e. The number of hydrogen-bond donors (Lipinski definition) is 2. The van der Waals surface area contributed by atoms with E-state index in [9.17, 15) is 9.90 Å². The first kappa shape index (κ1) is 23.6. The first-order valence-corrected chi connectivity index (χ1v) is 13.1. The van der Waals surface area contributed by atoms with Gasteiger partial charge < -0.3 is 20.2 Å². The minimum absolute atomic E-state index is 0.243. The van der Waals surface area contributed by atoms with E-state index in [0.29, 0.717) is 24.5 Å². The van der Waals surface area contributed by atoms with Gasteiger partial charge in [-0.15, -0.1) is 11.3 Å². The molecule has 10 nitrogen and oxygen atoms in total. The van der Waals surface area contributed by atoms with Gasteiger partial charge >= 0.3 is 0 Å². The summed E-state index contributed by atoms with van der Waals surface area (Å²) in [6.45, 7) is 2.35. The van der Waals surface area contributed by atoms with E-state index >= 15 is 0 Å². The van der Waals surface area contributed by atoms with Crippen LogP contribution in [0.5, 0.6) is 0 Å². The number of carbonyl (C=O) groups excluding carboxylic acids is 1. The predicted octanol–water partition coefficient (Wildman–Crippen LogP) is 2.74. The van der Waals surface area contributed by atoms with E-state index in [1.807, 2.05) is 53.8 Å². The van der Waals surface area contributed by atoms with E-state index in [2.05, 4.69) is 20.3 Å². The summed E-state index contributed by atoms with van der Waals surface area (Å²) >= 11 is 1.50. The van der Waals surface area contributed by atoms with Crippen LogP contribution in [-0.2, 0) is 17.4 Å². The summed E-state index contributed by atoms with van der Waals surface area (Å²) in [5.41, 5.74) is 2.60. The third-order valence-electron chi connectivity index (χ3n) is 7.10. The number of likely N-dealkylation sites (tertiary alicyclic amines) is 1. The van der Waals surface area contributed by atoms with Gasteiger partial charge in [-0.3, -0.25) is 9.48 Å². The number of amides is 1. The Balaban J connectivity index is 1.17. The predicted molar refractivity (Wildman–Crippen MR) is 142 cm³/mol. The molecule has 6 rings (SSSR count). The molecule has 1 unspecified atom stereocenters. The van der Waals surface area contributed by atoms with E-state index in [4.69, 9.17) is 9.97 Å². The van der Waals surface area contributed by atoms with Crippen molar-refractivity contribution in [1.29, 1.82) is 0 Å². The van der Waals surface area contributed by atoms with Crippen LogP contribution in [0, 0.1) is 0 Å². The Kier molecular flexibility index (Phi) is 5.88. The molecule has 2 saturated heterocycles. The van der Waals surface area contributed by atoms with E-state index in [0.717, 1.165) is 47.2 Å². The first-order valence-electron chi connectivity index (χ1n) is 12.3. The molecule has 37 heavy (non-hydrogen) atoms. The van der Waals surface area contributed by atoms with E-state index in [1.54, 1.807) is 24.2 Å². The average Bonchev–Trinajstić information content (AvgIpc) is 3.71. The van der Waals surface area contributed by atoms with Crippen molar-refractivity contribution >= 4 is 28.9 Å². The zero-order valence-electron chi connectivity index (χ0n) is 20.7. The lowest BCUT2D eigenvalue weighted by Gasteiger charge is -2.21. The van der Waals surface area contributed by atoms with Crippen molar-refractivity contribution in [3.8, 4) is 22.0 Å². The van der Waals surface area contributed by atoms with Gasteiger partial charge in [0, 0.05) is 69.5 Å². The van der Waals surface area contributed by atoms with Crippen molar-refractivity contribution in [1.82, 2.24) is 29.6 Å². The van der Waals surface area contributed by atoms with Crippen LogP contribution in [0.1, 0.15) is 18.4 Å². The van der Waals surface area contributed by atoms with Gasteiger partial charge in [-0.25, -0.2) is 15.0 Å². The quantitative estimate of drug-likeness (QED) is 0.402. The number of aryl methyl sites for hydroxylation is 1. The summed E-state index contributed by atoms with van der Waals surface area (Å²) in [5.74, 6) is 0.314. The fourth-order valence-corrected chi connectivity index (χ4v) is 5.80. The van der Waals surface area contributed by atoms with Crippen LogP contribution < -0.4 is 10.2 Å². The van der Waals surface area contributed by atoms with Crippen molar-refractivity contribution < 1.29 is 9.90 Å². The molecule has 2 atom stereocenters. The SMILES string of the molecule is CN1CC[C@@](O)(c2cccc(-c3nc(-c4ccnc(NC5CCN(c6cnn(C)c6)C5)n4)cs3)c2)C1=O. The summed E-state index contributed by atoms with van der Waals surface area (Å²) in [4.78, 5) is 30.4. The highest BCUT2D eigenvalue weighted by Gasteiger charge is 2.45. The minimum Gasteiger partial charge on any atom is -0.375 e. The molecule has 2 fully saturated rings. The monoisotopic (exact) mass is 516 g/mol. The maximum atomic E-state index is 12.5. The third-order valence-corrected chi connectivity index (χ3v) is 7.99. The van der Waals surface area contributed by atoms with Crippen LogP contribution in [0.25, 0.3) is 22.0 Å². The highest BCUT2D eigenvalue weighted by Crippen LogP contribution is 2.36. The van der Waals surface area contributed by atoms with Crippen molar-refractivity contribution in [2.45, 2.75) is 24.5 Å². The smallest absolute Gasteiger partial charge is 0.258 e. The maximum absolute atomic E-state index is 12.5. The number of aliphatic hydroxyl groups is 1. The first-order chi connectivity index (χ1) is 17.9. The normalized spacial score (nSPS) is 21.7. The fourth-order valence-electron chi connectivity index (χ4n) is 4.99. The van der Waals surface area contributed by atoms with Gasteiger partial charge in [-0.05, 0) is 24.1 Å². The number of anilines is 2. The molecule has 2 N–H and O–H groups in total. The second-order valence-corrected chi connectivity index (χ2v) is 10.5. The van der Waals surface area contributed by atoms with Gasteiger partial charge in [0.2, 0.25) is 5.95 Å². The summed E-state index contributed by atoms with van der Waals surface area (Å²) in [7, 11) is 3.64. The lowest BCUT2D eigenvalue weighted by molar-refractivity contribution is -0.143. The number of carbonyl (C=O) groups is 1. The molecule has 0 aliphatic carbocycles. The molecule has 190 valence electrons. The molecule has 0 bridgehead atoms. The molecule has 0 radical (unpaired) electrons.